The van der Waals surface area contributed by atoms with Crippen LogP contribution < -0.4 is 10.6 Å². The molecule has 0 aliphatic carbocycles. The van der Waals surface area contributed by atoms with Gasteiger partial charge < -0.3 is 20.0 Å². The predicted octanol–water partition coefficient (Wildman–Crippen LogP) is 3.16. The van der Waals surface area contributed by atoms with Gasteiger partial charge in [0.1, 0.15) is 11.5 Å². The summed E-state index contributed by atoms with van der Waals surface area (Å²) in [5.41, 5.74) is 0. The molecule has 5 nitrogen and oxygen atoms in total. The van der Waals surface area contributed by atoms with Crippen LogP contribution >= 0.6 is 24.0 Å². The molecule has 0 saturated carbocycles. The Kier molecular flexibility index (Phi) is 8.98. The van der Waals surface area contributed by atoms with Gasteiger partial charge in [0.25, 0.3) is 0 Å². The Morgan fingerprint density at radius 3 is 2.87 bits per heavy atom. The molecule has 1 saturated heterocycles. The number of nitrogens with zero attached hydrogens (tertiary/aromatic N) is 2. The first-order chi connectivity index (χ1) is 10.6. The molecule has 23 heavy (non-hydrogen) atoms. The quantitative estimate of drug-likeness (QED) is 0.425. The number of piperidine rings is 1. The van der Waals surface area contributed by atoms with Gasteiger partial charge in [0.2, 0.25) is 0 Å². The molecule has 0 bridgehead atoms. The maximum atomic E-state index is 5.68. The van der Waals surface area contributed by atoms with Crippen molar-refractivity contribution < 1.29 is 4.42 Å². The van der Waals surface area contributed by atoms with Gasteiger partial charge in [-0.25, -0.2) is 0 Å². The van der Waals surface area contributed by atoms with Crippen LogP contribution in [0.15, 0.2) is 21.5 Å². The summed E-state index contributed by atoms with van der Waals surface area (Å²) in [7, 11) is 2.20. The second-order valence-electron chi connectivity index (χ2n) is 6.30. The number of guanidine groups is 1. The molecule has 2 unspecified atom stereocenters. The van der Waals surface area contributed by atoms with Crippen molar-refractivity contribution in [3.63, 3.8) is 0 Å². The SMILES string of the molecule is CCNC(=NCC1CCCN(C)C1)NC(C)c1ccc(C)o1.I. The van der Waals surface area contributed by atoms with Crippen LogP contribution in [0.1, 0.15) is 44.3 Å². The van der Waals surface area contributed by atoms with E-state index in [1.54, 1.807) is 0 Å². The van der Waals surface area contributed by atoms with E-state index in [9.17, 15) is 0 Å². The Balaban J connectivity index is 0.00000264. The normalized spacial score (nSPS) is 20.7. The predicted molar refractivity (Wildman–Crippen MR) is 107 cm³/mol. The maximum absolute atomic E-state index is 5.68. The highest BCUT2D eigenvalue weighted by atomic mass is 127. The zero-order valence-electron chi connectivity index (χ0n) is 14.8. The molecule has 2 N–H and O–H groups in total. The molecule has 132 valence electrons. The van der Waals surface area contributed by atoms with Gasteiger partial charge in [0.15, 0.2) is 5.96 Å². The summed E-state index contributed by atoms with van der Waals surface area (Å²) >= 11 is 0. The molecule has 0 aromatic carbocycles. The van der Waals surface area contributed by atoms with Crippen molar-refractivity contribution in [1.29, 1.82) is 0 Å². The Labute approximate surface area is 157 Å². The average Bonchev–Trinajstić information content (AvgIpc) is 2.92. The molecule has 2 atom stereocenters. The van der Waals surface area contributed by atoms with Gasteiger partial charge in [-0.05, 0) is 65.3 Å². The number of rotatable bonds is 5. The number of hydrogen-bond donors (Lipinski definition) is 2. The van der Waals surface area contributed by atoms with Gasteiger partial charge in [-0.2, -0.15) is 0 Å². The van der Waals surface area contributed by atoms with Crippen molar-refractivity contribution in [2.24, 2.45) is 10.9 Å². The monoisotopic (exact) mass is 434 g/mol. The lowest BCUT2D eigenvalue weighted by atomic mass is 9.99. The van der Waals surface area contributed by atoms with Crippen LogP contribution in [0.5, 0.6) is 0 Å². The van der Waals surface area contributed by atoms with Crippen LogP contribution in [0.2, 0.25) is 0 Å². The summed E-state index contributed by atoms with van der Waals surface area (Å²) in [5.74, 6) is 3.42. The van der Waals surface area contributed by atoms with Gasteiger partial charge >= 0.3 is 0 Å². The minimum absolute atomic E-state index is 0. The Hall–Kier alpha value is -0.760. The van der Waals surface area contributed by atoms with Gasteiger partial charge in [-0.15, -0.1) is 24.0 Å². The van der Waals surface area contributed by atoms with Crippen LogP contribution in [-0.2, 0) is 0 Å². The fraction of sp³-hybridized carbons (Fsp3) is 0.706. The Bertz CT molecular complexity index is 489. The van der Waals surface area contributed by atoms with Gasteiger partial charge in [-0.3, -0.25) is 4.99 Å². The third-order valence-corrected chi connectivity index (χ3v) is 4.12. The van der Waals surface area contributed by atoms with Crippen LogP contribution in [0.3, 0.4) is 0 Å². The maximum Gasteiger partial charge on any atom is 0.191 e. The summed E-state index contributed by atoms with van der Waals surface area (Å²) < 4.78 is 5.68. The Morgan fingerprint density at radius 2 is 2.26 bits per heavy atom. The first-order valence-corrected chi connectivity index (χ1v) is 8.38. The molecule has 0 spiro atoms. The molecule has 1 aliphatic rings. The number of halogens is 1. The van der Waals surface area contributed by atoms with E-state index in [0.717, 1.165) is 37.1 Å². The first kappa shape index (κ1) is 20.3. The van der Waals surface area contributed by atoms with Crippen molar-refractivity contribution in [3.05, 3.63) is 23.7 Å². The zero-order valence-corrected chi connectivity index (χ0v) is 17.1. The molecule has 1 aromatic rings. The minimum Gasteiger partial charge on any atom is -0.464 e. The fourth-order valence-electron chi connectivity index (χ4n) is 2.93. The third-order valence-electron chi connectivity index (χ3n) is 4.12. The van der Waals surface area contributed by atoms with E-state index in [1.165, 1.54) is 19.4 Å². The highest BCUT2D eigenvalue weighted by Crippen LogP contribution is 2.16. The van der Waals surface area contributed by atoms with E-state index < -0.39 is 0 Å². The van der Waals surface area contributed by atoms with Crippen molar-refractivity contribution >= 4 is 29.9 Å². The van der Waals surface area contributed by atoms with Crippen molar-refractivity contribution in [1.82, 2.24) is 15.5 Å². The lowest BCUT2D eigenvalue weighted by Crippen LogP contribution is -2.40. The van der Waals surface area contributed by atoms with Crippen molar-refractivity contribution in [2.75, 3.05) is 33.2 Å². The van der Waals surface area contributed by atoms with E-state index in [1.807, 2.05) is 19.1 Å². The van der Waals surface area contributed by atoms with Gasteiger partial charge in [0.05, 0.1) is 6.04 Å². The van der Waals surface area contributed by atoms with E-state index >= 15 is 0 Å². The minimum atomic E-state index is 0. The second kappa shape index (κ2) is 10.2. The topological polar surface area (TPSA) is 52.8 Å². The lowest BCUT2D eigenvalue weighted by molar-refractivity contribution is 0.214. The molecule has 1 aliphatic heterocycles. The Morgan fingerprint density at radius 1 is 1.48 bits per heavy atom. The molecule has 2 rings (SSSR count). The molecule has 1 fully saturated rings. The lowest BCUT2D eigenvalue weighted by Gasteiger charge is -2.28. The number of furan rings is 1. The molecule has 1 aromatic heterocycles. The summed E-state index contributed by atoms with van der Waals surface area (Å²) in [6.45, 7) is 10.3. The molecule has 0 radical (unpaired) electrons. The van der Waals surface area contributed by atoms with Crippen LogP contribution in [0.4, 0.5) is 0 Å². The smallest absolute Gasteiger partial charge is 0.191 e. The third kappa shape index (κ3) is 6.71. The highest BCUT2D eigenvalue weighted by Gasteiger charge is 2.17. The van der Waals surface area contributed by atoms with E-state index in [4.69, 9.17) is 9.41 Å². The largest absolute Gasteiger partial charge is 0.464 e. The molecule has 2 heterocycles. The van der Waals surface area contributed by atoms with E-state index in [-0.39, 0.29) is 30.0 Å². The summed E-state index contributed by atoms with van der Waals surface area (Å²) in [6, 6.07) is 4.13. The number of likely N-dealkylation sites (tertiary alicyclic amines) is 1. The average molecular weight is 434 g/mol. The van der Waals surface area contributed by atoms with Crippen molar-refractivity contribution in [3.8, 4) is 0 Å². The number of hydrogen-bond acceptors (Lipinski definition) is 3. The first-order valence-electron chi connectivity index (χ1n) is 8.38. The fourth-order valence-corrected chi connectivity index (χ4v) is 2.93. The van der Waals surface area contributed by atoms with Gasteiger partial charge in [0, 0.05) is 19.6 Å². The summed E-state index contributed by atoms with van der Waals surface area (Å²) in [5, 5.41) is 6.75. The van der Waals surface area contributed by atoms with E-state index in [2.05, 4.69) is 36.4 Å². The molecule has 0 amide bonds. The van der Waals surface area contributed by atoms with E-state index in [0.29, 0.717) is 5.92 Å². The highest BCUT2D eigenvalue weighted by molar-refractivity contribution is 14.0. The summed E-state index contributed by atoms with van der Waals surface area (Å²) in [4.78, 5) is 7.17. The molecule has 6 heteroatoms. The van der Waals surface area contributed by atoms with Crippen LogP contribution in [0.25, 0.3) is 0 Å². The second-order valence-corrected chi connectivity index (χ2v) is 6.30. The van der Waals surface area contributed by atoms with Gasteiger partial charge in [-0.1, -0.05) is 0 Å². The standard InChI is InChI=1S/C17H30N4O.HI/c1-5-18-17(19-11-15-7-6-10-21(4)12-15)20-14(3)16-9-8-13(2)22-16;/h8-9,14-15H,5-7,10-12H2,1-4H3,(H2,18,19,20);1H. The van der Waals surface area contributed by atoms with Crippen molar-refractivity contribution in [2.45, 2.75) is 39.7 Å². The number of aliphatic imine (C=N–C) groups is 1. The van der Waals surface area contributed by atoms with Crippen LogP contribution in [-0.4, -0.2) is 44.1 Å². The molecular formula is C17H31IN4O. The van der Waals surface area contributed by atoms with Crippen LogP contribution in [0, 0.1) is 12.8 Å². The number of aryl methyl sites for hydroxylation is 1. The summed E-state index contributed by atoms with van der Waals surface area (Å²) in [6.07, 6.45) is 2.56. The number of nitrogens with one attached hydrogen (secondary N) is 2. The molecular weight excluding hydrogens is 403 g/mol. The zero-order chi connectivity index (χ0) is 15.9.